The van der Waals surface area contributed by atoms with Crippen LogP contribution >= 0.6 is 11.6 Å². The van der Waals surface area contributed by atoms with Crippen LogP contribution in [-0.4, -0.2) is 30.1 Å². The van der Waals surface area contributed by atoms with E-state index in [1.165, 1.54) is 22.9 Å². The molecule has 10 heteroatoms. The minimum Gasteiger partial charge on any atom is -0.455 e. The van der Waals surface area contributed by atoms with Crippen molar-refractivity contribution in [3.63, 3.8) is 0 Å². The molecule has 0 aliphatic rings. The number of aromatic amines is 1. The number of rotatable bonds is 7. The van der Waals surface area contributed by atoms with Crippen LogP contribution in [0.5, 0.6) is 11.5 Å². The number of hydrogen-bond acceptors (Lipinski definition) is 5. The number of imidazole rings is 1. The molecule has 39 heavy (non-hydrogen) atoms. The normalized spacial score (nSPS) is 11.7. The number of benzene rings is 2. The van der Waals surface area contributed by atoms with Crippen LogP contribution < -0.4 is 10.4 Å². The van der Waals surface area contributed by atoms with Crippen LogP contribution in [0.15, 0.2) is 65.6 Å². The topological polar surface area (TPSA) is 94.8 Å². The maximum Gasteiger partial charge on any atom is 0.327 e. The fourth-order valence-electron chi connectivity index (χ4n) is 4.28. The van der Waals surface area contributed by atoms with Gasteiger partial charge in [0.1, 0.15) is 22.9 Å². The molecule has 0 aliphatic heterocycles. The van der Waals surface area contributed by atoms with Gasteiger partial charge < -0.3 is 4.74 Å². The number of ether oxygens (including phenoxy) is 1. The van der Waals surface area contributed by atoms with Crippen molar-refractivity contribution < 1.29 is 13.9 Å². The lowest BCUT2D eigenvalue weighted by Gasteiger charge is -2.14. The van der Waals surface area contributed by atoms with Gasteiger partial charge in [0.15, 0.2) is 11.4 Å². The minimum atomic E-state index is -0.560. The van der Waals surface area contributed by atoms with E-state index in [9.17, 15) is 9.59 Å². The van der Waals surface area contributed by atoms with Gasteiger partial charge in [0.25, 0.3) is 0 Å². The predicted molar refractivity (Wildman–Crippen MR) is 147 cm³/mol. The fraction of sp³-hybridized carbons (Fsp3) is 0.241. The maximum atomic E-state index is 15.1. The highest BCUT2D eigenvalue weighted by Gasteiger charge is 2.22. The summed E-state index contributed by atoms with van der Waals surface area (Å²) < 4.78 is 24.0. The number of Topliss-reactive ketones (excluding diaryl/α,β-unsaturated/α-hetero) is 1. The molecule has 0 atom stereocenters. The third-order valence-corrected chi connectivity index (χ3v) is 6.65. The summed E-state index contributed by atoms with van der Waals surface area (Å²) in [7, 11) is 1.59. The Bertz CT molecular complexity index is 1750. The van der Waals surface area contributed by atoms with Crippen molar-refractivity contribution in [3.8, 4) is 17.2 Å². The van der Waals surface area contributed by atoms with Gasteiger partial charge in [0.05, 0.1) is 17.1 Å². The Balaban J connectivity index is 1.35. The molecular weight excluding hydrogens is 521 g/mol. The number of pyridine rings is 1. The predicted octanol–water partition coefficient (Wildman–Crippen LogP) is 5.68. The fourth-order valence-corrected chi connectivity index (χ4v) is 4.40. The van der Waals surface area contributed by atoms with E-state index in [-0.39, 0.29) is 41.0 Å². The van der Waals surface area contributed by atoms with Gasteiger partial charge in [0, 0.05) is 48.7 Å². The lowest BCUT2D eigenvalue weighted by atomic mass is 9.92. The number of carbonyl (C=O) groups is 1. The molecule has 0 spiro atoms. The van der Waals surface area contributed by atoms with Crippen molar-refractivity contribution in [1.82, 2.24) is 24.3 Å². The van der Waals surface area contributed by atoms with Gasteiger partial charge >= 0.3 is 5.69 Å². The molecule has 0 saturated heterocycles. The third-order valence-electron chi connectivity index (χ3n) is 6.39. The van der Waals surface area contributed by atoms with Crippen LogP contribution in [0.25, 0.3) is 16.9 Å². The SMILES string of the molecule is Cn1c(=O)[nH]c2nccc(Oc3ccc(CC(=O)Cc4cc(C(C)(C)C)nn4-c4ccc(Cl)cc4)c(F)c3)c21. The van der Waals surface area contributed by atoms with Crippen LogP contribution in [0.3, 0.4) is 0 Å². The van der Waals surface area contributed by atoms with Crippen LogP contribution in [0.2, 0.25) is 5.02 Å². The number of nitrogens with one attached hydrogen (secondary N) is 1. The Hall–Kier alpha value is -4.24. The second-order valence-corrected chi connectivity index (χ2v) is 10.8. The summed E-state index contributed by atoms with van der Waals surface area (Å²) in [6.07, 6.45) is 1.49. The quantitative estimate of drug-likeness (QED) is 0.283. The number of carbonyl (C=O) groups excluding carboxylic acids is 1. The number of aryl methyl sites for hydroxylation is 1. The van der Waals surface area contributed by atoms with Gasteiger partial charge in [-0.3, -0.25) is 14.3 Å². The van der Waals surface area contributed by atoms with Crippen molar-refractivity contribution in [2.75, 3.05) is 0 Å². The lowest BCUT2D eigenvalue weighted by Crippen LogP contribution is -2.13. The van der Waals surface area contributed by atoms with E-state index >= 15 is 4.39 Å². The van der Waals surface area contributed by atoms with Gasteiger partial charge in [-0.25, -0.2) is 18.9 Å². The Morgan fingerprint density at radius 1 is 1.08 bits per heavy atom. The van der Waals surface area contributed by atoms with Gasteiger partial charge in [-0.2, -0.15) is 5.10 Å². The highest BCUT2D eigenvalue weighted by molar-refractivity contribution is 6.30. The second kappa shape index (κ2) is 10.1. The molecule has 0 bridgehead atoms. The summed E-state index contributed by atoms with van der Waals surface area (Å²) in [5.41, 5.74) is 2.89. The van der Waals surface area contributed by atoms with Crippen molar-refractivity contribution in [1.29, 1.82) is 0 Å². The standard InChI is InChI=1S/C29H27ClFN5O3/c1-29(2,3)25-15-20(36(34-25)19-8-6-18(30)7-9-19)14-21(37)13-17-5-10-22(16-23(17)31)39-24-11-12-32-27-26(24)35(4)28(38)33-27/h5-12,15-16H,13-14H2,1-4H3,(H,32,33,38). The summed E-state index contributed by atoms with van der Waals surface area (Å²) in [5, 5.41) is 5.35. The van der Waals surface area contributed by atoms with Crippen LogP contribution in [0, 0.1) is 5.82 Å². The van der Waals surface area contributed by atoms with Crippen LogP contribution in [-0.2, 0) is 30.1 Å². The molecule has 0 radical (unpaired) electrons. The summed E-state index contributed by atoms with van der Waals surface area (Å²) in [4.78, 5) is 31.8. The molecule has 0 amide bonds. The summed E-state index contributed by atoms with van der Waals surface area (Å²) in [6, 6.07) is 15.1. The van der Waals surface area contributed by atoms with Crippen LogP contribution in [0.1, 0.15) is 37.7 Å². The number of hydrogen-bond donors (Lipinski definition) is 1. The second-order valence-electron chi connectivity index (χ2n) is 10.4. The molecule has 200 valence electrons. The molecule has 3 aromatic heterocycles. The zero-order chi connectivity index (χ0) is 27.9. The van der Waals surface area contributed by atoms with E-state index in [1.807, 2.05) is 18.2 Å². The molecule has 0 fully saturated rings. The number of aromatic nitrogens is 5. The average Bonchev–Trinajstić information content (AvgIpc) is 3.42. The molecule has 0 saturated carbocycles. The highest BCUT2D eigenvalue weighted by atomic mass is 35.5. The van der Waals surface area contributed by atoms with Gasteiger partial charge in [-0.15, -0.1) is 0 Å². The van der Waals surface area contributed by atoms with Crippen LogP contribution in [0.4, 0.5) is 4.39 Å². The molecule has 1 N–H and O–H groups in total. The summed E-state index contributed by atoms with van der Waals surface area (Å²) in [5.74, 6) is -0.123. The molecule has 2 aromatic carbocycles. The van der Waals surface area contributed by atoms with E-state index < -0.39 is 5.82 Å². The number of fused-ring (bicyclic) bond motifs is 1. The van der Waals surface area contributed by atoms with Gasteiger partial charge in [0.2, 0.25) is 0 Å². The van der Waals surface area contributed by atoms with Crippen molar-refractivity contribution in [3.05, 3.63) is 99.1 Å². The van der Waals surface area contributed by atoms with Gasteiger partial charge in [-0.05, 0) is 42.0 Å². The zero-order valence-electron chi connectivity index (χ0n) is 22.0. The zero-order valence-corrected chi connectivity index (χ0v) is 22.7. The van der Waals surface area contributed by atoms with Crippen molar-refractivity contribution in [2.45, 2.75) is 39.0 Å². The van der Waals surface area contributed by atoms with Gasteiger partial charge in [-0.1, -0.05) is 38.4 Å². The number of H-pyrrole nitrogens is 1. The van der Waals surface area contributed by atoms with E-state index in [0.717, 1.165) is 11.4 Å². The minimum absolute atomic E-state index is 0.0832. The summed E-state index contributed by atoms with van der Waals surface area (Å²) in [6.45, 7) is 6.16. The Kier molecular flexibility index (Phi) is 6.86. The smallest absolute Gasteiger partial charge is 0.327 e. The van der Waals surface area contributed by atoms with Crippen molar-refractivity contribution >= 4 is 28.5 Å². The van der Waals surface area contributed by atoms with E-state index in [4.69, 9.17) is 21.4 Å². The van der Waals surface area contributed by atoms with E-state index in [2.05, 4.69) is 30.7 Å². The largest absolute Gasteiger partial charge is 0.455 e. The lowest BCUT2D eigenvalue weighted by molar-refractivity contribution is -0.117. The molecule has 5 aromatic rings. The highest BCUT2D eigenvalue weighted by Crippen LogP contribution is 2.29. The maximum absolute atomic E-state index is 15.1. The molecule has 5 rings (SSSR count). The first-order chi connectivity index (χ1) is 18.5. The monoisotopic (exact) mass is 547 g/mol. The molecule has 0 aliphatic carbocycles. The average molecular weight is 548 g/mol. The molecule has 0 unspecified atom stereocenters. The molecule has 8 nitrogen and oxygen atoms in total. The third kappa shape index (κ3) is 5.49. The van der Waals surface area contributed by atoms with E-state index in [1.54, 1.807) is 36.0 Å². The number of nitrogens with zero attached hydrogens (tertiary/aromatic N) is 4. The summed E-state index contributed by atoms with van der Waals surface area (Å²) >= 11 is 6.05. The Labute approximate surface area is 229 Å². The first-order valence-electron chi connectivity index (χ1n) is 12.4. The number of ketones is 1. The first kappa shape index (κ1) is 26.4. The van der Waals surface area contributed by atoms with E-state index in [0.29, 0.717) is 27.6 Å². The Morgan fingerprint density at radius 3 is 2.51 bits per heavy atom. The van der Waals surface area contributed by atoms with Crippen molar-refractivity contribution in [2.24, 2.45) is 7.05 Å². The molecule has 3 heterocycles. The Morgan fingerprint density at radius 2 is 1.82 bits per heavy atom. The first-order valence-corrected chi connectivity index (χ1v) is 12.7. The number of halogens is 2. The molecular formula is C29H27ClFN5O3.